The first-order chi connectivity index (χ1) is 8.74. The second kappa shape index (κ2) is 4.42. The van der Waals surface area contributed by atoms with Crippen molar-refractivity contribution in [1.82, 2.24) is 20.2 Å². The molecule has 0 radical (unpaired) electrons. The number of benzene rings is 1. The van der Waals surface area contributed by atoms with Crippen LogP contribution in [0.25, 0.3) is 10.9 Å². The predicted octanol–water partition coefficient (Wildman–Crippen LogP) is 3.29. The third-order valence-electron chi connectivity index (χ3n) is 3.20. The molecule has 1 atom stereocenters. The Balaban J connectivity index is 1.92. The highest BCUT2D eigenvalue weighted by Gasteiger charge is 2.12. The molecule has 0 aliphatic heterocycles. The van der Waals surface area contributed by atoms with Gasteiger partial charge in [0.05, 0.1) is 0 Å². The van der Waals surface area contributed by atoms with E-state index in [0.717, 1.165) is 12.2 Å². The molecule has 0 aliphatic rings. The predicted molar refractivity (Wildman–Crippen MR) is 74.2 cm³/mol. The topological polar surface area (TPSA) is 60.3 Å². The first kappa shape index (κ1) is 11.2. The van der Waals surface area contributed by atoms with Crippen molar-refractivity contribution >= 4 is 23.1 Å². The quantitative estimate of drug-likeness (QED) is 0.631. The minimum absolute atomic E-state index is 0.384. The van der Waals surface area contributed by atoms with Crippen molar-refractivity contribution in [2.24, 2.45) is 0 Å². The van der Waals surface area contributed by atoms with Gasteiger partial charge in [0.1, 0.15) is 5.82 Å². The van der Waals surface area contributed by atoms with E-state index in [1.165, 1.54) is 16.5 Å². The molecule has 92 valence electrons. The average molecular weight is 258 g/mol. The van der Waals surface area contributed by atoms with E-state index < -0.39 is 0 Å². The largest absolute Gasteiger partial charge is 0.361 e. The van der Waals surface area contributed by atoms with Gasteiger partial charge >= 0.3 is 0 Å². The lowest BCUT2D eigenvalue weighted by Gasteiger charge is -2.08. The molecule has 3 rings (SSSR count). The molecule has 2 heterocycles. The maximum absolute atomic E-state index is 4.96. The maximum Gasteiger partial charge on any atom is 0.213 e. The SMILES string of the molecule is CC(Cc1nc(=S)[nH][nH]1)c1c[nH]c2ccccc12. The van der Waals surface area contributed by atoms with Crippen molar-refractivity contribution in [2.45, 2.75) is 19.3 Å². The Morgan fingerprint density at radius 1 is 1.28 bits per heavy atom. The summed E-state index contributed by atoms with van der Waals surface area (Å²) >= 11 is 4.96. The lowest BCUT2D eigenvalue weighted by molar-refractivity contribution is 0.726. The van der Waals surface area contributed by atoms with Crippen molar-refractivity contribution in [3.05, 3.63) is 46.6 Å². The van der Waals surface area contributed by atoms with E-state index in [0.29, 0.717) is 10.7 Å². The summed E-state index contributed by atoms with van der Waals surface area (Å²) in [5, 5.41) is 7.10. The first-order valence-corrected chi connectivity index (χ1v) is 6.34. The molecule has 5 heteroatoms. The Morgan fingerprint density at radius 2 is 2.11 bits per heavy atom. The van der Waals surface area contributed by atoms with Gasteiger partial charge in [-0.05, 0) is 29.8 Å². The van der Waals surface area contributed by atoms with Gasteiger partial charge in [-0.1, -0.05) is 25.1 Å². The van der Waals surface area contributed by atoms with Crippen LogP contribution in [0.3, 0.4) is 0 Å². The number of fused-ring (bicyclic) bond motifs is 1. The highest BCUT2D eigenvalue weighted by atomic mass is 32.1. The molecule has 0 saturated heterocycles. The zero-order chi connectivity index (χ0) is 12.5. The lowest BCUT2D eigenvalue weighted by atomic mass is 9.97. The summed E-state index contributed by atoms with van der Waals surface area (Å²) in [5.74, 6) is 1.29. The van der Waals surface area contributed by atoms with Gasteiger partial charge < -0.3 is 4.98 Å². The van der Waals surface area contributed by atoms with Crippen LogP contribution in [0.4, 0.5) is 0 Å². The van der Waals surface area contributed by atoms with Gasteiger partial charge in [-0.3, -0.25) is 10.2 Å². The van der Waals surface area contributed by atoms with Gasteiger partial charge in [0.25, 0.3) is 0 Å². The third-order valence-corrected chi connectivity index (χ3v) is 3.40. The van der Waals surface area contributed by atoms with Crippen LogP contribution in [-0.4, -0.2) is 20.2 Å². The van der Waals surface area contributed by atoms with Gasteiger partial charge in [-0.25, -0.2) is 4.98 Å². The molecule has 0 saturated carbocycles. The van der Waals surface area contributed by atoms with Gasteiger partial charge in [0.2, 0.25) is 4.77 Å². The van der Waals surface area contributed by atoms with Crippen LogP contribution in [0, 0.1) is 4.77 Å². The summed E-state index contributed by atoms with van der Waals surface area (Å²) in [6.45, 7) is 2.20. The summed E-state index contributed by atoms with van der Waals surface area (Å²) in [7, 11) is 0. The molecular formula is C13H14N4S. The summed E-state index contributed by atoms with van der Waals surface area (Å²) < 4.78 is 0.510. The van der Waals surface area contributed by atoms with E-state index in [4.69, 9.17) is 12.2 Å². The zero-order valence-electron chi connectivity index (χ0n) is 10.0. The number of nitrogens with zero attached hydrogens (tertiary/aromatic N) is 1. The lowest BCUT2D eigenvalue weighted by Crippen LogP contribution is -1.99. The number of para-hydroxylation sites is 1. The summed E-state index contributed by atoms with van der Waals surface area (Å²) in [4.78, 5) is 7.54. The van der Waals surface area contributed by atoms with Gasteiger partial charge in [0.15, 0.2) is 0 Å². The van der Waals surface area contributed by atoms with Crippen LogP contribution in [0.5, 0.6) is 0 Å². The molecule has 0 bridgehead atoms. The monoisotopic (exact) mass is 258 g/mol. The van der Waals surface area contributed by atoms with Gasteiger partial charge in [0, 0.05) is 23.5 Å². The van der Waals surface area contributed by atoms with E-state index in [-0.39, 0.29) is 0 Å². The van der Waals surface area contributed by atoms with E-state index in [2.05, 4.69) is 51.5 Å². The van der Waals surface area contributed by atoms with Crippen molar-refractivity contribution in [3.8, 4) is 0 Å². The number of hydrogen-bond donors (Lipinski definition) is 3. The van der Waals surface area contributed by atoms with Crippen LogP contribution in [0.1, 0.15) is 24.2 Å². The van der Waals surface area contributed by atoms with Gasteiger partial charge in [-0.15, -0.1) is 0 Å². The molecule has 0 spiro atoms. The first-order valence-electron chi connectivity index (χ1n) is 5.93. The molecule has 18 heavy (non-hydrogen) atoms. The highest BCUT2D eigenvalue weighted by Crippen LogP contribution is 2.26. The standard InChI is InChI=1S/C13H14N4S/c1-8(6-12-15-13(18)17-16-12)10-7-14-11-5-3-2-4-9(10)11/h2-5,7-8,14H,6H2,1H3,(H2,15,16,17,18). The molecule has 0 aliphatic carbocycles. The number of rotatable bonds is 3. The molecule has 1 unspecified atom stereocenters. The molecule has 3 aromatic rings. The summed E-state index contributed by atoms with van der Waals surface area (Å²) in [6, 6.07) is 8.34. The number of hydrogen-bond acceptors (Lipinski definition) is 2. The molecular weight excluding hydrogens is 244 g/mol. The van der Waals surface area contributed by atoms with Crippen LogP contribution in [0.2, 0.25) is 0 Å². The van der Waals surface area contributed by atoms with Crippen molar-refractivity contribution < 1.29 is 0 Å². The minimum Gasteiger partial charge on any atom is -0.361 e. The number of H-pyrrole nitrogens is 3. The molecule has 0 amide bonds. The Bertz CT molecular complexity index is 722. The van der Waals surface area contributed by atoms with E-state index in [1.54, 1.807) is 0 Å². The van der Waals surface area contributed by atoms with Crippen molar-refractivity contribution in [3.63, 3.8) is 0 Å². The molecule has 4 nitrogen and oxygen atoms in total. The maximum atomic E-state index is 4.96. The Labute approximate surface area is 109 Å². The molecule has 3 N–H and O–H groups in total. The fraction of sp³-hybridized carbons (Fsp3) is 0.231. The fourth-order valence-electron chi connectivity index (χ4n) is 2.30. The highest BCUT2D eigenvalue weighted by molar-refractivity contribution is 7.71. The van der Waals surface area contributed by atoms with Crippen LogP contribution in [0.15, 0.2) is 30.5 Å². The van der Waals surface area contributed by atoms with E-state index >= 15 is 0 Å². The van der Waals surface area contributed by atoms with Gasteiger partial charge in [-0.2, -0.15) is 0 Å². The zero-order valence-corrected chi connectivity index (χ0v) is 10.8. The number of nitrogens with one attached hydrogen (secondary N) is 3. The number of aromatic amines is 3. The van der Waals surface area contributed by atoms with Crippen molar-refractivity contribution in [1.29, 1.82) is 0 Å². The van der Waals surface area contributed by atoms with Crippen LogP contribution >= 0.6 is 12.2 Å². The summed E-state index contributed by atoms with van der Waals surface area (Å²) in [5.41, 5.74) is 2.49. The average Bonchev–Trinajstić information content (AvgIpc) is 2.95. The smallest absolute Gasteiger partial charge is 0.213 e. The minimum atomic E-state index is 0.384. The van der Waals surface area contributed by atoms with Crippen LogP contribution in [-0.2, 0) is 6.42 Å². The van der Waals surface area contributed by atoms with E-state index in [9.17, 15) is 0 Å². The van der Waals surface area contributed by atoms with Crippen LogP contribution < -0.4 is 0 Å². The Kier molecular flexibility index (Phi) is 2.76. The molecule has 0 fully saturated rings. The number of aromatic nitrogens is 4. The van der Waals surface area contributed by atoms with E-state index in [1.807, 2.05) is 6.07 Å². The summed E-state index contributed by atoms with van der Waals surface area (Å²) in [6.07, 6.45) is 2.92. The third kappa shape index (κ3) is 1.97. The second-order valence-electron chi connectivity index (χ2n) is 4.51. The fourth-order valence-corrected chi connectivity index (χ4v) is 2.46. The molecule has 1 aromatic carbocycles. The Hall–Kier alpha value is -1.88. The Morgan fingerprint density at radius 3 is 2.89 bits per heavy atom. The van der Waals surface area contributed by atoms with Crippen molar-refractivity contribution in [2.75, 3.05) is 0 Å². The molecule has 2 aromatic heterocycles. The normalized spacial score (nSPS) is 12.9. The second-order valence-corrected chi connectivity index (χ2v) is 4.90.